The van der Waals surface area contributed by atoms with Crippen LogP contribution >= 0.6 is 12.6 Å². The van der Waals surface area contributed by atoms with E-state index in [0.29, 0.717) is 0 Å². The third-order valence-corrected chi connectivity index (χ3v) is 3.44. The van der Waals surface area contributed by atoms with E-state index in [0.717, 1.165) is 17.1 Å². The van der Waals surface area contributed by atoms with Gasteiger partial charge in [0.25, 0.3) is 0 Å². The van der Waals surface area contributed by atoms with E-state index in [1.54, 1.807) is 0 Å². The lowest BCUT2D eigenvalue weighted by atomic mass is 9.85. The van der Waals surface area contributed by atoms with Crippen molar-refractivity contribution in [3.8, 4) is 0 Å². The van der Waals surface area contributed by atoms with E-state index >= 15 is 0 Å². The van der Waals surface area contributed by atoms with Crippen LogP contribution in [0.3, 0.4) is 0 Å². The van der Waals surface area contributed by atoms with E-state index < -0.39 is 0 Å². The SMILES string of the molecule is SC1CCCC(C2CC2)C1. The molecule has 0 N–H and O–H groups in total. The molecule has 2 saturated carbocycles. The first-order valence-electron chi connectivity index (χ1n) is 4.54. The molecular weight excluding hydrogens is 140 g/mol. The highest BCUT2D eigenvalue weighted by molar-refractivity contribution is 7.80. The van der Waals surface area contributed by atoms with Gasteiger partial charge in [0.05, 0.1) is 0 Å². The van der Waals surface area contributed by atoms with Crippen LogP contribution in [0, 0.1) is 11.8 Å². The molecule has 0 saturated heterocycles. The number of rotatable bonds is 1. The van der Waals surface area contributed by atoms with Gasteiger partial charge in [0.15, 0.2) is 0 Å². The molecule has 0 aromatic rings. The molecule has 2 aliphatic rings. The highest BCUT2D eigenvalue weighted by Gasteiger charge is 2.33. The van der Waals surface area contributed by atoms with Gasteiger partial charge < -0.3 is 0 Å². The lowest BCUT2D eigenvalue weighted by Crippen LogP contribution is -2.16. The van der Waals surface area contributed by atoms with Gasteiger partial charge in [-0.2, -0.15) is 12.6 Å². The summed E-state index contributed by atoms with van der Waals surface area (Å²) < 4.78 is 0. The van der Waals surface area contributed by atoms with Crippen LogP contribution in [-0.4, -0.2) is 5.25 Å². The van der Waals surface area contributed by atoms with Crippen LogP contribution in [-0.2, 0) is 0 Å². The highest BCUT2D eigenvalue weighted by Crippen LogP contribution is 2.44. The standard InChI is InChI=1S/C9H16S/c10-9-3-1-2-8(6-9)7-4-5-7/h7-10H,1-6H2. The molecule has 2 fully saturated rings. The van der Waals surface area contributed by atoms with Crippen LogP contribution in [0.1, 0.15) is 38.5 Å². The fourth-order valence-corrected chi connectivity index (χ4v) is 2.65. The minimum atomic E-state index is 0.736. The van der Waals surface area contributed by atoms with Crippen molar-refractivity contribution in [3.63, 3.8) is 0 Å². The smallest absolute Gasteiger partial charge is 0.00195 e. The summed E-state index contributed by atoms with van der Waals surface area (Å²) in [7, 11) is 0. The summed E-state index contributed by atoms with van der Waals surface area (Å²) in [5, 5.41) is 0.736. The van der Waals surface area contributed by atoms with Crippen molar-refractivity contribution in [2.45, 2.75) is 43.8 Å². The van der Waals surface area contributed by atoms with Gasteiger partial charge in [-0.05, 0) is 37.5 Å². The average Bonchev–Trinajstić information content (AvgIpc) is 2.68. The van der Waals surface area contributed by atoms with E-state index in [-0.39, 0.29) is 0 Å². The van der Waals surface area contributed by atoms with E-state index in [4.69, 9.17) is 0 Å². The number of hydrogen-bond donors (Lipinski definition) is 1. The monoisotopic (exact) mass is 156 g/mol. The van der Waals surface area contributed by atoms with Crippen LogP contribution in [0.5, 0.6) is 0 Å². The molecule has 2 atom stereocenters. The molecule has 0 radical (unpaired) electrons. The fraction of sp³-hybridized carbons (Fsp3) is 1.00. The van der Waals surface area contributed by atoms with E-state index in [1.807, 2.05) is 0 Å². The zero-order valence-corrected chi connectivity index (χ0v) is 7.32. The van der Waals surface area contributed by atoms with Crippen molar-refractivity contribution in [1.82, 2.24) is 0 Å². The fourth-order valence-electron chi connectivity index (χ4n) is 2.20. The van der Waals surface area contributed by atoms with Gasteiger partial charge in [0.1, 0.15) is 0 Å². The van der Waals surface area contributed by atoms with E-state index in [9.17, 15) is 0 Å². The zero-order valence-electron chi connectivity index (χ0n) is 6.42. The molecule has 0 nitrogen and oxygen atoms in total. The van der Waals surface area contributed by atoms with Crippen molar-refractivity contribution in [2.24, 2.45) is 11.8 Å². The molecule has 0 heterocycles. The highest BCUT2D eigenvalue weighted by atomic mass is 32.1. The first-order chi connectivity index (χ1) is 4.86. The second-order valence-corrected chi connectivity index (χ2v) is 4.65. The maximum atomic E-state index is 4.54. The predicted octanol–water partition coefficient (Wildman–Crippen LogP) is 2.89. The minimum absolute atomic E-state index is 0.736. The molecule has 0 amide bonds. The Morgan fingerprint density at radius 1 is 0.900 bits per heavy atom. The molecule has 2 unspecified atom stereocenters. The number of hydrogen-bond acceptors (Lipinski definition) is 1. The molecule has 1 heteroatoms. The van der Waals surface area contributed by atoms with Crippen molar-refractivity contribution in [1.29, 1.82) is 0 Å². The lowest BCUT2D eigenvalue weighted by Gasteiger charge is -2.25. The van der Waals surface area contributed by atoms with Gasteiger partial charge in [-0.25, -0.2) is 0 Å². The predicted molar refractivity (Wildman–Crippen MR) is 47.5 cm³/mol. The Bertz CT molecular complexity index is 118. The summed E-state index contributed by atoms with van der Waals surface area (Å²) >= 11 is 4.54. The van der Waals surface area contributed by atoms with Gasteiger partial charge >= 0.3 is 0 Å². The molecule has 0 aromatic heterocycles. The molecule has 2 rings (SSSR count). The topological polar surface area (TPSA) is 0 Å². The van der Waals surface area contributed by atoms with Crippen LogP contribution in [0.4, 0.5) is 0 Å². The first kappa shape index (κ1) is 7.02. The second-order valence-electron chi connectivity index (χ2n) is 3.92. The minimum Gasteiger partial charge on any atom is -0.176 e. The first-order valence-corrected chi connectivity index (χ1v) is 5.06. The quantitative estimate of drug-likeness (QED) is 0.554. The van der Waals surface area contributed by atoms with Crippen molar-refractivity contribution >= 4 is 12.6 Å². The third kappa shape index (κ3) is 1.50. The lowest BCUT2D eigenvalue weighted by molar-refractivity contribution is 0.330. The molecule has 58 valence electrons. The van der Waals surface area contributed by atoms with Gasteiger partial charge in [-0.1, -0.05) is 12.8 Å². The van der Waals surface area contributed by atoms with Crippen molar-refractivity contribution in [3.05, 3.63) is 0 Å². The van der Waals surface area contributed by atoms with Crippen molar-refractivity contribution in [2.75, 3.05) is 0 Å². The summed E-state index contributed by atoms with van der Waals surface area (Å²) in [5.74, 6) is 2.19. The Hall–Kier alpha value is 0.350. The maximum absolute atomic E-state index is 4.54. The summed E-state index contributed by atoms with van der Waals surface area (Å²) in [6.07, 6.45) is 8.76. The van der Waals surface area contributed by atoms with Crippen LogP contribution in [0.2, 0.25) is 0 Å². The molecule has 0 spiro atoms. The Morgan fingerprint density at radius 3 is 2.30 bits per heavy atom. The Morgan fingerprint density at radius 2 is 1.70 bits per heavy atom. The Balaban J connectivity index is 1.84. The normalized spacial score (nSPS) is 41.7. The second kappa shape index (κ2) is 2.77. The van der Waals surface area contributed by atoms with E-state index in [2.05, 4.69) is 12.6 Å². The summed E-state index contributed by atoms with van der Waals surface area (Å²) in [4.78, 5) is 0. The summed E-state index contributed by atoms with van der Waals surface area (Å²) in [5.41, 5.74) is 0. The van der Waals surface area contributed by atoms with Gasteiger partial charge in [0, 0.05) is 5.25 Å². The van der Waals surface area contributed by atoms with Crippen LogP contribution in [0.15, 0.2) is 0 Å². The van der Waals surface area contributed by atoms with Crippen molar-refractivity contribution < 1.29 is 0 Å². The summed E-state index contributed by atoms with van der Waals surface area (Å²) in [6, 6.07) is 0. The van der Waals surface area contributed by atoms with E-state index in [1.165, 1.54) is 38.5 Å². The third-order valence-electron chi connectivity index (χ3n) is 2.98. The average molecular weight is 156 g/mol. The zero-order chi connectivity index (χ0) is 6.97. The van der Waals surface area contributed by atoms with Crippen LogP contribution < -0.4 is 0 Å². The molecule has 0 aromatic carbocycles. The largest absolute Gasteiger partial charge is 0.176 e. The van der Waals surface area contributed by atoms with Crippen LogP contribution in [0.25, 0.3) is 0 Å². The molecule has 0 aliphatic heterocycles. The maximum Gasteiger partial charge on any atom is 0.00195 e. The molecule has 2 aliphatic carbocycles. The molecule has 10 heavy (non-hydrogen) atoms. The molecular formula is C9H16S. The Labute approximate surface area is 68.8 Å². The van der Waals surface area contributed by atoms with Gasteiger partial charge in [-0.3, -0.25) is 0 Å². The summed E-state index contributed by atoms with van der Waals surface area (Å²) in [6.45, 7) is 0. The Kier molecular flexibility index (Phi) is 1.94. The van der Waals surface area contributed by atoms with Gasteiger partial charge in [0.2, 0.25) is 0 Å². The molecule has 0 bridgehead atoms. The van der Waals surface area contributed by atoms with Gasteiger partial charge in [-0.15, -0.1) is 0 Å². The number of thiol groups is 1.